The molecule has 0 spiro atoms. The van der Waals surface area contributed by atoms with Crippen molar-refractivity contribution in [1.29, 1.82) is 0 Å². The Morgan fingerprint density at radius 2 is 1.36 bits per heavy atom. The molecule has 2 unspecified atom stereocenters. The average molecular weight is 434 g/mol. The fourth-order valence-electron chi connectivity index (χ4n) is 3.05. The number of aliphatic hydroxyl groups excluding tert-OH is 2. The summed E-state index contributed by atoms with van der Waals surface area (Å²) in [5, 5.41) is 19.4. The number of hydrogen-bond donors (Lipinski definition) is 2. The number of unbranched alkanes of at least 4 members (excludes halogenated alkanes) is 9. The number of ether oxygens (including phenoxy) is 1. The second-order valence-corrected chi connectivity index (χ2v) is 8.96. The van der Waals surface area contributed by atoms with E-state index in [0.29, 0.717) is 6.61 Å². The Morgan fingerprint density at radius 1 is 0.893 bits per heavy atom. The van der Waals surface area contributed by atoms with E-state index < -0.39 is 28.1 Å². The van der Waals surface area contributed by atoms with E-state index in [-0.39, 0.29) is 49.3 Å². The van der Waals surface area contributed by atoms with Gasteiger partial charge in [0, 0.05) is 19.7 Å². The van der Waals surface area contributed by atoms with Crippen molar-refractivity contribution in [1.82, 2.24) is 4.90 Å². The molecule has 2 N–H and O–H groups in total. The Hall–Kier alpha value is 0.750. The van der Waals surface area contributed by atoms with Crippen molar-refractivity contribution in [2.75, 3.05) is 39.1 Å². The number of aliphatic hydroxyl groups is 2. The Labute approximate surface area is 194 Å². The molecule has 0 aliphatic carbocycles. The molecule has 0 aromatic heterocycles. The molecule has 9 heteroatoms. The van der Waals surface area contributed by atoms with E-state index in [1.54, 1.807) is 11.9 Å². The minimum atomic E-state index is -4.45. The van der Waals surface area contributed by atoms with E-state index in [1.165, 1.54) is 51.4 Å². The first-order chi connectivity index (χ1) is 12.7. The second kappa shape index (κ2) is 19.7. The normalized spacial score (nSPS) is 14.1. The van der Waals surface area contributed by atoms with Crippen LogP contribution in [0.4, 0.5) is 0 Å². The summed E-state index contributed by atoms with van der Waals surface area (Å²) in [4.78, 5) is 1.59. The molecular weight excluding hydrogens is 393 g/mol. The zero-order valence-corrected chi connectivity index (χ0v) is 21.0. The van der Waals surface area contributed by atoms with Gasteiger partial charge >= 0.3 is 29.6 Å². The summed E-state index contributed by atoms with van der Waals surface area (Å²) in [6, 6.07) is 0. The van der Waals surface area contributed by atoms with E-state index in [4.69, 9.17) is 4.74 Å². The van der Waals surface area contributed by atoms with Gasteiger partial charge in [-0.25, -0.2) is 8.42 Å². The van der Waals surface area contributed by atoms with E-state index in [2.05, 4.69) is 6.92 Å². The Kier molecular flexibility index (Phi) is 21.8. The molecule has 164 valence electrons. The molecule has 0 aliphatic heterocycles. The summed E-state index contributed by atoms with van der Waals surface area (Å²) in [5.41, 5.74) is 0. The maximum Gasteiger partial charge on any atom is 1.00 e. The molecule has 0 heterocycles. The minimum Gasteiger partial charge on any atom is -0.748 e. The first-order valence-corrected chi connectivity index (χ1v) is 11.9. The van der Waals surface area contributed by atoms with Crippen molar-refractivity contribution in [2.45, 2.75) is 83.3 Å². The van der Waals surface area contributed by atoms with Crippen LogP contribution in [0.1, 0.15) is 71.1 Å². The van der Waals surface area contributed by atoms with Crippen LogP contribution >= 0.6 is 0 Å². The molecule has 0 saturated carbocycles. The van der Waals surface area contributed by atoms with Gasteiger partial charge in [-0.1, -0.05) is 64.7 Å². The van der Waals surface area contributed by atoms with Gasteiger partial charge in [-0.05, 0) is 13.5 Å². The van der Waals surface area contributed by atoms with Gasteiger partial charge < -0.3 is 24.4 Å². The SMILES string of the molecule is CCCCCCCCCCCCOCC(O)CN(C)CC(O)CS(=O)(=O)[O-].[Na+]. The second-order valence-electron chi connectivity index (χ2n) is 7.51. The van der Waals surface area contributed by atoms with Gasteiger partial charge in [-0.15, -0.1) is 0 Å². The fourth-order valence-corrected chi connectivity index (χ4v) is 3.62. The van der Waals surface area contributed by atoms with E-state index in [9.17, 15) is 23.2 Å². The predicted octanol–water partition coefficient (Wildman–Crippen LogP) is -0.873. The zero-order chi connectivity index (χ0) is 20.5. The third-order valence-corrected chi connectivity index (χ3v) is 5.19. The van der Waals surface area contributed by atoms with Crippen LogP contribution in [0.5, 0.6) is 0 Å². The summed E-state index contributed by atoms with van der Waals surface area (Å²) in [6.07, 6.45) is 10.7. The number of rotatable bonds is 19. The molecule has 2 atom stereocenters. The van der Waals surface area contributed by atoms with Gasteiger partial charge in [-0.3, -0.25) is 0 Å². The molecule has 28 heavy (non-hydrogen) atoms. The van der Waals surface area contributed by atoms with Crippen LogP contribution in [0, 0.1) is 0 Å². The number of hydrogen-bond acceptors (Lipinski definition) is 7. The molecule has 0 aromatic carbocycles. The van der Waals surface area contributed by atoms with Crippen LogP contribution in [0.3, 0.4) is 0 Å². The van der Waals surface area contributed by atoms with Crippen molar-refractivity contribution in [3.63, 3.8) is 0 Å². The largest absolute Gasteiger partial charge is 1.00 e. The third kappa shape index (κ3) is 23.0. The van der Waals surface area contributed by atoms with Gasteiger partial charge in [0.1, 0.15) is 0 Å². The summed E-state index contributed by atoms with van der Waals surface area (Å²) in [5.74, 6) is -0.817. The summed E-state index contributed by atoms with van der Waals surface area (Å²) in [6.45, 7) is 3.31. The van der Waals surface area contributed by atoms with Gasteiger partial charge in [0.2, 0.25) is 0 Å². The smallest absolute Gasteiger partial charge is 0.748 e. The predicted molar refractivity (Wildman–Crippen MR) is 107 cm³/mol. The number of likely N-dealkylation sites (N-methyl/N-ethyl adjacent to an activating group) is 1. The van der Waals surface area contributed by atoms with Crippen molar-refractivity contribution in [2.24, 2.45) is 0 Å². The Balaban J connectivity index is 0. The van der Waals surface area contributed by atoms with Crippen LogP contribution in [0.2, 0.25) is 0 Å². The van der Waals surface area contributed by atoms with E-state index in [0.717, 1.165) is 12.8 Å². The van der Waals surface area contributed by atoms with Gasteiger partial charge in [0.05, 0.1) is 34.7 Å². The van der Waals surface area contributed by atoms with Gasteiger partial charge in [-0.2, -0.15) is 0 Å². The summed E-state index contributed by atoms with van der Waals surface area (Å²) in [7, 11) is -2.80. The molecule has 0 amide bonds. The molecule has 0 aromatic rings. The quantitative estimate of drug-likeness (QED) is 0.155. The van der Waals surface area contributed by atoms with Crippen molar-refractivity contribution in [3.05, 3.63) is 0 Å². The molecule has 0 bridgehead atoms. The maximum atomic E-state index is 10.6. The van der Waals surface area contributed by atoms with Crippen LogP contribution in [0.25, 0.3) is 0 Å². The molecule has 0 saturated heterocycles. The zero-order valence-electron chi connectivity index (χ0n) is 18.1. The molecule has 0 fully saturated rings. The Morgan fingerprint density at radius 3 is 1.86 bits per heavy atom. The standard InChI is InChI=1S/C19H41NO6S.Na/c1-3-4-5-6-7-8-9-10-11-12-13-26-16-18(21)14-20(2)15-19(22)17-27(23,24)25;/h18-19,21-22H,3-17H2,1-2H3,(H,23,24,25);/q;+1/p-1. The summed E-state index contributed by atoms with van der Waals surface area (Å²) >= 11 is 0. The van der Waals surface area contributed by atoms with Gasteiger partial charge in [0.15, 0.2) is 0 Å². The van der Waals surface area contributed by atoms with Crippen LogP contribution in [-0.4, -0.2) is 79.4 Å². The summed E-state index contributed by atoms with van der Waals surface area (Å²) < 4.78 is 37.2. The van der Waals surface area contributed by atoms with Crippen LogP contribution in [0.15, 0.2) is 0 Å². The third-order valence-electron chi connectivity index (χ3n) is 4.39. The van der Waals surface area contributed by atoms with Crippen molar-refractivity contribution < 1.29 is 57.5 Å². The molecule has 0 radical (unpaired) electrons. The average Bonchev–Trinajstić information content (AvgIpc) is 2.53. The van der Waals surface area contributed by atoms with Gasteiger partial charge in [0.25, 0.3) is 0 Å². The van der Waals surface area contributed by atoms with E-state index in [1.807, 2.05) is 0 Å². The molecule has 7 nitrogen and oxygen atoms in total. The Bertz CT molecular complexity index is 438. The minimum absolute atomic E-state index is 0. The maximum absolute atomic E-state index is 10.6. The van der Waals surface area contributed by atoms with Crippen LogP contribution < -0.4 is 29.6 Å². The molecule has 0 rings (SSSR count). The first kappa shape index (κ1) is 30.9. The fraction of sp³-hybridized carbons (Fsp3) is 1.00. The topological polar surface area (TPSA) is 110 Å². The first-order valence-electron chi connectivity index (χ1n) is 10.3. The molecular formula is C19H40NNaO6S. The van der Waals surface area contributed by atoms with Crippen molar-refractivity contribution in [3.8, 4) is 0 Å². The van der Waals surface area contributed by atoms with E-state index >= 15 is 0 Å². The van der Waals surface area contributed by atoms with Crippen molar-refractivity contribution >= 4 is 10.1 Å². The monoisotopic (exact) mass is 433 g/mol. The van der Waals surface area contributed by atoms with Crippen LogP contribution in [-0.2, 0) is 14.9 Å². The number of nitrogens with zero attached hydrogens (tertiary/aromatic N) is 1. The molecule has 0 aliphatic rings.